The van der Waals surface area contributed by atoms with Crippen LogP contribution >= 0.6 is 0 Å². The first kappa shape index (κ1) is 13.9. The quantitative estimate of drug-likeness (QED) is 0.832. The summed E-state index contributed by atoms with van der Waals surface area (Å²) in [6.45, 7) is 8.70. The predicted octanol–water partition coefficient (Wildman–Crippen LogP) is 2.86. The van der Waals surface area contributed by atoms with Crippen LogP contribution in [0.3, 0.4) is 0 Å². The van der Waals surface area contributed by atoms with Gasteiger partial charge in [-0.15, -0.1) is 0 Å². The average Bonchev–Trinajstić information content (AvgIpc) is 2.67. The van der Waals surface area contributed by atoms with E-state index in [0.717, 1.165) is 22.5 Å². The Morgan fingerprint density at radius 1 is 1.37 bits per heavy atom. The number of aromatic nitrogens is 2. The second kappa shape index (κ2) is 4.85. The summed E-state index contributed by atoms with van der Waals surface area (Å²) in [5, 5.41) is 9.29. The van der Waals surface area contributed by atoms with Gasteiger partial charge in [-0.3, -0.25) is 0 Å². The molecule has 0 unspecified atom stereocenters. The number of anilines is 1. The molecule has 0 fully saturated rings. The molecule has 0 aliphatic rings. The first-order valence-electron chi connectivity index (χ1n) is 6.76. The highest BCUT2D eigenvalue weighted by molar-refractivity contribution is 5.80. The van der Waals surface area contributed by atoms with Gasteiger partial charge in [0.25, 0.3) is 0 Å². The molecule has 3 N–H and O–H groups in total. The van der Waals surface area contributed by atoms with Gasteiger partial charge in [0.1, 0.15) is 5.82 Å². The van der Waals surface area contributed by atoms with Crippen molar-refractivity contribution in [3.63, 3.8) is 0 Å². The minimum absolute atomic E-state index is 0.166. The van der Waals surface area contributed by atoms with Gasteiger partial charge in [-0.1, -0.05) is 13.8 Å². The SMILES string of the molecule is CC(C)c1nc2cc(N)ccc2n1C(C)(C)CCO. The highest BCUT2D eigenvalue weighted by Gasteiger charge is 2.26. The number of nitrogen functional groups attached to an aromatic ring is 1. The first-order chi connectivity index (χ1) is 8.86. The summed E-state index contributed by atoms with van der Waals surface area (Å²) in [5.74, 6) is 1.37. The van der Waals surface area contributed by atoms with Crippen molar-refractivity contribution in [1.82, 2.24) is 9.55 Å². The fraction of sp³-hybridized carbons (Fsp3) is 0.533. The zero-order valence-corrected chi connectivity index (χ0v) is 12.1. The van der Waals surface area contributed by atoms with E-state index >= 15 is 0 Å². The van der Waals surface area contributed by atoms with Crippen molar-refractivity contribution in [1.29, 1.82) is 0 Å². The topological polar surface area (TPSA) is 64.1 Å². The number of aliphatic hydroxyl groups excluding tert-OH is 1. The Hall–Kier alpha value is -1.55. The number of nitrogens with zero attached hydrogens (tertiary/aromatic N) is 2. The van der Waals surface area contributed by atoms with E-state index in [4.69, 9.17) is 10.7 Å². The van der Waals surface area contributed by atoms with Gasteiger partial charge < -0.3 is 15.4 Å². The minimum atomic E-state index is -0.167. The summed E-state index contributed by atoms with van der Waals surface area (Å²) in [6.07, 6.45) is 0.697. The average molecular weight is 261 g/mol. The van der Waals surface area contributed by atoms with Gasteiger partial charge in [-0.05, 0) is 38.5 Å². The molecule has 0 amide bonds. The van der Waals surface area contributed by atoms with Crippen molar-refractivity contribution in [3.8, 4) is 0 Å². The van der Waals surface area contributed by atoms with E-state index in [1.807, 2.05) is 18.2 Å². The third-order valence-electron chi connectivity index (χ3n) is 3.55. The minimum Gasteiger partial charge on any atom is -0.399 e. The molecule has 19 heavy (non-hydrogen) atoms. The Labute approximate surface area is 114 Å². The maximum Gasteiger partial charge on any atom is 0.112 e. The summed E-state index contributed by atoms with van der Waals surface area (Å²) in [4.78, 5) is 4.72. The molecule has 1 heterocycles. The fourth-order valence-electron chi connectivity index (χ4n) is 2.52. The van der Waals surface area contributed by atoms with Crippen LogP contribution in [-0.4, -0.2) is 21.3 Å². The Morgan fingerprint density at radius 3 is 2.63 bits per heavy atom. The summed E-state index contributed by atoms with van der Waals surface area (Å²) < 4.78 is 2.24. The molecule has 1 aromatic heterocycles. The van der Waals surface area contributed by atoms with E-state index in [0.29, 0.717) is 12.3 Å². The van der Waals surface area contributed by atoms with Gasteiger partial charge >= 0.3 is 0 Å². The second-order valence-corrected chi connectivity index (χ2v) is 5.99. The predicted molar refractivity (Wildman–Crippen MR) is 79.3 cm³/mol. The number of nitrogens with two attached hydrogens (primary N) is 1. The summed E-state index contributed by atoms with van der Waals surface area (Å²) >= 11 is 0. The number of rotatable bonds is 4. The molecular weight excluding hydrogens is 238 g/mol. The number of benzene rings is 1. The molecule has 0 atom stereocenters. The molecule has 0 radical (unpaired) electrons. The Morgan fingerprint density at radius 2 is 2.05 bits per heavy atom. The molecular formula is C15H23N3O. The van der Waals surface area contributed by atoms with Gasteiger partial charge in [0, 0.05) is 23.8 Å². The summed E-state index contributed by atoms with van der Waals surface area (Å²) in [5.41, 5.74) is 8.41. The lowest BCUT2D eigenvalue weighted by Gasteiger charge is -2.29. The maximum absolute atomic E-state index is 9.29. The lowest BCUT2D eigenvalue weighted by Crippen LogP contribution is -2.29. The van der Waals surface area contributed by atoms with Crippen LogP contribution in [0.15, 0.2) is 18.2 Å². The molecule has 0 saturated carbocycles. The normalized spacial score (nSPS) is 12.5. The summed E-state index contributed by atoms with van der Waals surface area (Å²) in [7, 11) is 0. The van der Waals surface area contributed by atoms with Crippen molar-refractivity contribution >= 4 is 16.7 Å². The monoisotopic (exact) mass is 261 g/mol. The first-order valence-corrected chi connectivity index (χ1v) is 6.76. The number of fused-ring (bicyclic) bond motifs is 1. The standard InChI is InChI=1S/C15H23N3O/c1-10(2)14-17-12-9-11(16)5-6-13(12)18(14)15(3,4)7-8-19/h5-6,9-10,19H,7-8,16H2,1-4H3. The van der Waals surface area contributed by atoms with Gasteiger partial charge in [0.2, 0.25) is 0 Å². The molecule has 2 aromatic rings. The fourth-order valence-corrected chi connectivity index (χ4v) is 2.52. The Balaban J connectivity index is 2.72. The van der Waals surface area contributed by atoms with Gasteiger partial charge in [0.15, 0.2) is 0 Å². The van der Waals surface area contributed by atoms with Crippen LogP contribution in [0.4, 0.5) is 5.69 Å². The lowest BCUT2D eigenvalue weighted by molar-refractivity contribution is 0.212. The zero-order chi connectivity index (χ0) is 14.2. The van der Waals surface area contributed by atoms with Crippen LogP contribution in [-0.2, 0) is 5.54 Å². The van der Waals surface area contributed by atoms with Crippen molar-refractivity contribution < 1.29 is 5.11 Å². The maximum atomic E-state index is 9.29. The molecule has 4 heteroatoms. The number of imidazole rings is 1. The molecule has 104 valence electrons. The highest BCUT2D eigenvalue weighted by Crippen LogP contribution is 2.31. The van der Waals surface area contributed by atoms with Crippen LogP contribution in [0.25, 0.3) is 11.0 Å². The van der Waals surface area contributed by atoms with Crippen molar-refractivity contribution in [2.75, 3.05) is 12.3 Å². The zero-order valence-electron chi connectivity index (χ0n) is 12.1. The second-order valence-electron chi connectivity index (χ2n) is 5.99. The van der Waals surface area contributed by atoms with E-state index in [1.54, 1.807) is 0 Å². The smallest absolute Gasteiger partial charge is 0.112 e. The highest BCUT2D eigenvalue weighted by atomic mass is 16.3. The molecule has 4 nitrogen and oxygen atoms in total. The van der Waals surface area contributed by atoms with Crippen LogP contribution < -0.4 is 5.73 Å². The molecule has 0 bridgehead atoms. The Bertz CT molecular complexity index is 584. The number of hydrogen-bond donors (Lipinski definition) is 2. The van der Waals surface area contributed by atoms with E-state index < -0.39 is 0 Å². The van der Waals surface area contributed by atoms with Crippen LogP contribution in [0.1, 0.15) is 45.9 Å². The van der Waals surface area contributed by atoms with E-state index in [1.165, 1.54) is 0 Å². The lowest BCUT2D eigenvalue weighted by atomic mass is 9.99. The summed E-state index contributed by atoms with van der Waals surface area (Å²) in [6, 6.07) is 5.83. The van der Waals surface area contributed by atoms with E-state index in [-0.39, 0.29) is 12.1 Å². The van der Waals surface area contributed by atoms with Gasteiger partial charge in [-0.25, -0.2) is 4.98 Å². The largest absolute Gasteiger partial charge is 0.399 e. The van der Waals surface area contributed by atoms with Crippen molar-refractivity contribution in [2.24, 2.45) is 0 Å². The Kier molecular flexibility index (Phi) is 3.54. The van der Waals surface area contributed by atoms with E-state index in [9.17, 15) is 5.11 Å². The number of aliphatic hydroxyl groups is 1. The van der Waals surface area contributed by atoms with Crippen molar-refractivity contribution in [3.05, 3.63) is 24.0 Å². The van der Waals surface area contributed by atoms with Crippen LogP contribution in [0.5, 0.6) is 0 Å². The molecule has 0 saturated heterocycles. The number of hydrogen-bond acceptors (Lipinski definition) is 3. The molecule has 0 spiro atoms. The third kappa shape index (κ3) is 2.45. The molecule has 0 aliphatic carbocycles. The van der Waals surface area contributed by atoms with E-state index in [2.05, 4.69) is 32.3 Å². The molecule has 2 rings (SSSR count). The molecule has 0 aliphatic heterocycles. The van der Waals surface area contributed by atoms with Crippen molar-refractivity contribution in [2.45, 2.75) is 45.6 Å². The van der Waals surface area contributed by atoms with Gasteiger partial charge in [-0.2, -0.15) is 0 Å². The third-order valence-corrected chi connectivity index (χ3v) is 3.55. The van der Waals surface area contributed by atoms with Gasteiger partial charge in [0.05, 0.1) is 11.0 Å². The molecule has 1 aromatic carbocycles. The van der Waals surface area contributed by atoms with Crippen LogP contribution in [0, 0.1) is 0 Å². The van der Waals surface area contributed by atoms with Crippen LogP contribution in [0.2, 0.25) is 0 Å².